The summed E-state index contributed by atoms with van der Waals surface area (Å²) in [5, 5.41) is 2.79. The molecule has 1 aliphatic heterocycles. The summed E-state index contributed by atoms with van der Waals surface area (Å²) in [6.07, 6.45) is 3.06. The number of hydrogen-bond donors (Lipinski definition) is 1. The number of alkyl carbamates (subject to hydrolysis) is 1. The molecule has 0 aromatic heterocycles. The summed E-state index contributed by atoms with van der Waals surface area (Å²) in [6, 6.07) is 5.13. The van der Waals surface area contributed by atoms with Crippen molar-refractivity contribution in [2.75, 3.05) is 19.7 Å². The number of amides is 2. The molecule has 2 aliphatic rings. The van der Waals surface area contributed by atoms with Crippen molar-refractivity contribution in [3.63, 3.8) is 0 Å². The summed E-state index contributed by atoms with van der Waals surface area (Å²) >= 11 is 0. The average Bonchev–Trinajstić information content (AvgIpc) is 3.21. The Hall–Kier alpha value is -2.09. The van der Waals surface area contributed by atoms with E-state index in [0.717, 1.165) is 12.0 Å². The van der Waals surface area contributed by atoms with Crippen LogP contribution in [0.15, 0.2) is 23.1 Å². The monoisotopic (exact) mass is 436 g/mol. The molecular formula is C22H32N2O5S. The summed E-state index contributed by atoms with van der Waals surface area (Å²) in [6.45, 7) is 6.46. The molecule has 1 saturated carbocycles. The van der Waals surface area contributed by atoms with Crippen LogP contribution in [0.4, 0.5) is 4.79 Å². The van der Waals surface area contributed by atoms with Gasteiger partial charge < -0.3 is 15.0 Å². The van der Waals surface area contributed by atoms with Crippen LogP contribution in [0.25, 0.3) is 0 Å². The maximum absolute atomic E-state index is 13.8. The Morgan fingerprint density at radius 3 is 2.57 bits per heavy atom. The highest BCUT2D eigenvalue weighted by molar-refractivity contribution is 7.93. The SMILES string of the molecule is CCOC(=O)NC1CCCN(C(=O)C2(S(=O)(=O)c3cc(C)ccc3C)CCCC2)C1. The number of rotatable bonds is 5. The van der Waals surface area contributed by atoms with Crippen molar-refractivity contribution in [3.05, 3.63) is 29.3 Å². The van der Waals surface area contributed by atoms with E-state index in [1.54, 1.807) is 30.9 Å². The van der Waals surface area contributed by atoms with E-state index < -0.39 is 20.7 Å². The van der Waals surface area contributed by atoms with Crippen molar-refractivity contribution in [2.24, 2.45) is 0 Å². The van der Waals surface area contributed by atoms with Crippen molar-refractivity contribution in [1.29, 1.82) is 0 Å². The molecule has 3 rings (SSSR count). The summed E-state index contributed by atoms with van der Waals surface area (Å²) < 4.78 is 31.2. The zero-order chi connectivity index (χ0) is 21.9. The minimum absolute atomic E-state index is 0.233. The molecule has 1 heterocycles. The summed E-state index contributed by atoms with van der Waals surface area (Å²) in [5.41, 5.74) is 1.52. The predicted octanol–water partition coefficient (Wildman–Crippen LogP) is 3.13. The van der Waals surface area contributed by atoms with Crippen LogP contribution in [0, 0.1) is 13.8 Å². The van der Waals surface area contributed by atoms with Gasteiger partial charge in [0.05, 0.1) is 11.5 Å². The third-order valence-corrected chi connectivity index (χ3v) is 8.89. The van der Waals surface area contributed by atoms with E-state index in [9.17, 15) is 18.0 Å². The second-order valence-electron chi connectivity index (χ2n) is 8.43. The van der Waals surface area contributed by atoms with Gasteiger partial charge >= 0.3 is 6.09 Å². The molecule has 7 nitrogen and oxygen atoms in total. The number of carbonyl (C=O) groups excluding carboxylic acids is 2. The van der Waals surface area contributed by atoms with Gasteiger partial charge in [-0.05, 0) is 63.6 Å². The van der Waals surface area contributed by atoms with E-state index in [4.69, 9.17) is 4.74 Å². The number of likely N-dealkylation sites (tertiary alicyclic amines) is 1. The topological polar surface area (TPSA) is 92.8 Å². The van der Waals surface area contributed by atoms with Gasteiger partial charge in [0.1, 0.15) is 0 Å². The molecule has 1 aliphatic carbocycles. The maximum atomic E-state index is 13.8. The van der Waals surface area contributed by atoms with Gasteiger partial charge in [-0.2, -0.15) is 0 Å². The third-order valence-electron chi connectivity index (χ3n) is 6.25. The first-order valence-electron chi connectivity index (χ1n) is 10.8. The minimum atomic E-state index is -3.85. The molecule has 1 saturated heterocycles. The molecule has 8 heteroatoms. The molecule has 0 spiro atoms. The number of nitrogens with one attached hydrogen (secondary N) is 1. The van der Waals surface area contributed by atoms with E-state index in [-0.39, 0.29) is 23.5 Å². The second kappa shape index (κ2) is 8.96. The van der Waals surface area contributed by atoms with Gasteiger partial charge in [0, 0.05) is 19.1 Å². The lowest BCUT2D eigenvalue weighted by Gasteiger charge is -2.39. The molecule has 2 fully saturated rings. The van der Waals surface area contributed by atoms with Crippen LogP contribution in [0.2, 0.25) is 0 Å². The van der Waals surface area contributed by atoms with Crippen molar-refractivity contribution < 1.29 is 22.7 Å². The van der Waals surface area contributed by atoms with Crippen molar-refractivity contribution in [2.45, 2.75) is 75.0 Å². The first-order chi connectivity index (χ1) is 14.2. The Labute approximate surface area is 179 Å². The van der Waals surface area contributed by atoms with Gasteiger partial charge in [-0.25, -0.2) is 13.2 Å². The standard InChI is InChI=1S/C22H32N2O5S/c1-4-29-21(26)23-18-8-7-13-24(15-18)20(25)22(11-5-6-12-22)30(27,28)19-14-16(2)9-10-17(19)3/h9-10,14,18H,4-8,11-13,15H2,1-3H3,(H,23,26). The Balaban J connectivity index is 1.89. The second-order valence-corrected chi connectivity index (χ2v) is 10.7. The number of nitrogens with zero attached hydrogens (tertiary/aromatic N) is 1. The summed E-state index contributed by atoms with van der Waals surface area (Å²) in [5.74, 6) is -0.323. The van der Waals surface area contributed by atoms with Crippen LogP contribution in [-0.2, 0) is 19.4 Å². The summed E-state index contributed by atoms with van der Waals surface area (Å²) in [7, 11) is -3.85. The zero-order valence-corrected chi connectivity index (χ0v) is 18.9. The number of aryl methyl sites for hydroxylation is 2. The van der Waals surface area contributed by atoms with E-state index in [0.29, 0.717) is 50.8 Å². The lowest BCUT2D eigenvalue weighted by Crippen LogP contribution is -2.57. The maximum Gasteiger partial charge on any atom is 0.407 e. The van der Waals surface area contributed by atoms with Crippen molar-refractivity contribution in [1.82, 2.24) is 10.2 Å². The molecule has 1 unspecified atom stereocenters. The van der Waals surface area contributed by atoms with Gasteiger partial charge in [-0.3, -0.25) is 4.79 Å². The number of sulfone groups is 1. The fraction of sp³-hybridized carbons (Fsp3) is 0.636. The molecule has 166 valence electrons. The quantitative estimate of drug-likeness (QED) is 0.766. The zero-order valence-electron chi connectivity index (χ0n) is 18.1. The lowest BCUT2D eigenvalue weighted by atomic mass is 10.0. The van der Waals surface area contributed by atoms with Crippen LogP contribution >= 0.6 is 0 Å². The minimum Gasteiger partial charge on any atom is -0.450 e. The molecule has 2 amide bonds. The van der Waals surface area contributed by atoms with Gasteiger partial charge in [0.25, 0.3) is 0 Å². The normalized spacial score (nSPS) is 21.3. The van der Waals surface area contributed by atoms with Gasteiger partial charge in [-0.15, -0.1) is 0 Å². The summed E-state index contributed by atoms with van der Waals surface area (Å²) in [4.78, 5) is 27.4. The van der Waals surface area contributed by atoms with Crippen LogP contribution in [0.3, 0.4) is 0 Å². The third kappa shape index (κ3) is 4.19. The number of ether oxygens (including phenoxy) is 1. The lowest BCUT2D eigenvalue weighted by molar-refractivity contribution is -0.135. The molecule has 1 atom stereocenters. The predicted molar refractivity (Wildman–Crippen MR) is 114 cm³/mol. The van der Waals surface area contributed by atoms with Crippen molar-refractivity contribution in [3.8, 4) is 0 Å². The highest BCUT2D eigenvalue weighted by atomic mass is 32.2. The Kier molecular flexibility index (Phi) is 6.75. The van der Waals surface area contributed by atoms with E-state index in [1.807, 2.05) is 13.0 Å². The van der Waals surface area contributed by atoms with Gasteiger partial charge in [0.15, 0.2) is 14.6 Å². The van der Waals surface area contributed by atoms with E-state index in [2.05, 4.69) is 5.32 Å². The van der Waals surface area contributed by atoms with Gasteiger partial charge in [-0.1, -0.05) is 25.0 Å². The Morgan fingerprint density at radius 2 is 1.90 bits per heavy atom. The molecule has 1 N–H and O–H groups in total. The molecule has 1 aromatic rings. The molecule has 0 bridgehead atoms. The number of carbonyl (C=O) groups is 2. The highest BCUT2D eigenvalue weighted by Gasteiger charge is 2.55. The molecular weight excluding hydrogens is 404 g/mol. The van der Waals surface area contributed by atoms with Gasteiger partial charge in [0.2, 0.25) is 5.91 Å². The fourth-order valence-electron chi connectivity index (χ4n) is 4.66. The number of benzene rings is 1. The number of piperidine rings is 1. The fourth-order valence-corrected chi connectivity index (χ4v) is 7.10. The van der Waals surface area contributed by atoms with Crippen LogP contribution in [-0.4, -0.2) is 55.8 Å². The van der Waals surface area contributed by atoms with E-state index >= 15 is 0 Å². The van der Waals surface area contributed by atoms with Crippen molar-refractivity contribution >= 4 is 21.8 Å². The Bertz CT molecular complexity index is 906. The average molecular weight is 437 g/mol. The van der Waals surface area contributed by atoms with Crippen LogP contribution in [0.5, 0.6) is 0 Å². The molecule has 0 radical (unpaired) electrons. The first-order valence-corrected chi connectivity index (χ1v) is 12.2. The highest BCUT2D eigenvalue weighted by Crippen LogP contribution is 2.43. The van der Waals surface area contributed by atoms with Crippen LogP contribution in [0.1, 0.15) is 56.6 Å². The van der Waals surface area contributed by atoms with E-state index in [1.165, 1.54) is 0 Å². The number of hydrogen-bond acceptors (Lipinski definition) is 5. The molecule has 30 heavy (non-hydrogen) atoms. The Morgan fingerprint density at radius 1 is 1.20 bits per heavy atom. The first kappa shape index (κ1) is 22.6. The smallest absolute Gasteiger partial charge is 0.407 e. The largest absolute Gasteiger partial charge is 0.450 e. The molecule has 1 aromatic carbocycles. The van der Waals surface area contributed by atoms with Crippen LogP contribution < -0.4 is 5.32 Å².